The van der Waals surface area contributed by atoms with E-state index in [1.807, 2.05) is 12.1 Å². The zero-order chi connectivity index (χ0) is 16.4. The Morgan fingerprint density at radius 2 is 2.25 bits per heavy atom. The third-order valence-electron chi connectivity index (χ3n) is 5.35. The van der Waals surface area contributed by atoms with E-state index in [9.17, 15) is 4.79 Å². The molecule has 0 bridgehead atoms. The molecule has 0 unspecified atom stereocenters. The molecule has 0 aromatic carbocycles. The van der Waals surface area contributed by atoms with Crippen molar-refractivity contribution in [2.75, 3.05) is 19.6 Å². The summed E-state index contributed by atoms with van der Waals surface area (Å²) in [5.74, 6) is 1.13. The van der Waals surface area contributed by atoms with Gasteiger partial charge < -0.3 is 14.6 Å². The second kappa shape index (κ2) is 6.81. The summed E-state index contributed by atoms with van der Waals surface area (Å²) in [6, 6.07) is 6.04. The molecule has 2 aromatic rings. The number of aromatic nitrogens is 2. The standard InChI is InChI=1S/C18H24N4O2/c23-18(15-11-14(20-21-15)17-7-4-10-24-17)19-12-13-5-3-9-22-8-2-1-6-16(13)22/h4,7,10-11,13,16H,1-3,5-6,8-9,12H2,(H,19,23)(H,20,21)/t13-,16+/m0/s1. The molecule has 2 aromatic heterocycles. The van der Waals surface area contributed by atoms with E-state index in [-0.39, 0.29) is 5.91 Å². The molecule has 0 radical (unpaired) electrons. The van der Waals surface area contributed by atoms with Gasteiger partial charge in [0.05, 0.1) is 6.26 Å². The van der Waals surface area contributed by atoms with E-state index in [0.717, 1.165) is 12.2 Å². The van der Waals surface area contributed by atoms with Gasteiger partial charge in [-0.15, -0.1) is 0 Å². The van der Waals surface area contributed by atoms with Crippen LogP contribution in [0.2, 0.25) is 0 Å². The van der Waals surface area contributed by atoms with Crippen molar-refractivity contribution in [1.29, 1.82) is 0 Å². The highest BCUT2D eigenvalue weighted by molar-refractivity contribution is 5.93. The maximum Gasteiger partial charge on any atom is 0.271 e. The summed E-state index contributed by atoms with van der Waals surface area (Å²) in [6.45, 7) is 3.19. The molecule has 2 N–H and O–H groups in total. The predicted octanol–water partition coefficient (Wildman–Crippen LogP) is 2.66. The Labute approximate surface area is 141 Å². The molecular weight excluding hydrogens is 304 g/mol. The third kappa shape index (κ3) is 3.11. The molecule has 0 aliphatic carbocycles. The van der Waals surface area contributed by atoms with Gasteiger partial charge in [0.1, 0.15) is 5.69 Å². The summed E-state index contributed by atoms with van der Waals surface area (Å²) in [4.78, 5) is 15.0. The van der Waals surface area contributed by atoms with E-state index in [1.165, 1.54) is 45.2 Å². The lowest BCUT2D eigenvalue weighted by Crippen LogP contribution is -2.51. The van der Waals surface area contributed by atoms with Crippen molar-refractivity contribution < 1.29 is 9.21 Å². The Balaban J connectivity index is 1.36. The zero-order valence-electron chi connectivity index (χ0n) is 13.8. The second-order valence-electron chi connectivity index (χ2n) is 6.86. The quantitative estimate of drug-likeness (QED) is 0.905. The first-order chi connectivity index (χ1) is 11.8. The molecule has 4 heterocycles. The molecule has 2 saturated heterocycles. The van der Waals surface area contributed by atoms with Gasteiger partial charge in [0.25, 0.3) is 5.91 Å². The second-order valence-corrected chi connectivity index (χ2v) is 6.86. The van der Waals surface area contributed by atoms with Crippen LogP contribution in [0.5, 0.6) is 0 Å². The van der Waals surface area contributed by atoms with Crippen LogP contribution in [0.15, 0.2) is 28.9 Å². The van der Waals surface area contributed by atoms with E-state index in [2.05, 4.69) is 20.4 Å². The number of nitrogens with zero attached hydrogens (tertiary/aromatic N) is 2. The number of hydrogen-bond donors (Lipinski definition) is 2. The number of fused-ring (bicyclic) bond motifs is 1. The molecule has 2 aliphatic rings. The number of furan rings is 1. The number of carbonyl (C=O) groups excluding carboxylic acids is 1. The molecule has 2 atom stereocenters. The van der Waals surface area contributed by atoms with Crippen molar-refractivity contribution in [1.82, 2.24) is 20.4 Å². The van der Waals surface area contributed by atoms with Gasteiger partial charge in [0, 0.05) is 18.7 Å². The summed E-state index contributed by atoms with van der Waals surface area (Å²) < 4.78 is 5.32. The fourth-order valence-corrected chi connectivity index (χ4v) is 4.13. The molecule has 6 nitrogen and oxygen atoms in total. The molecular formula is C18H24N4O2. The summed E-state index contributed by atoms with van der Waals surface area (Å²) in [7, 11) is 0. The molecule has 0 spiro atoms. The first-order valence-electron chi connectivity index (χ1n) is 8.93. The van der Waals surface area contributed by atoms with E-state index in [0.29, 0.717) is 23.4 Å². The molecule has 128 valence electrons. The number of nitrogens with one attached hydrogen (secondary N) is 2. The van der Waals surface area contributed by atoms with Crippen LogP contribution >= 0.6 is 0 Å². The minimum absolute atomic E-state index is 0.114. The van der Waals surface area contributed by atoms with Crippen molar-refractivity contribution in [3.8, 4) is 11.5 Å². The molecule has 2 aliphatic heterocycles. The highest BCUT2D eigenvalue weighted by Gasteiger charge is 2.33. The van der Waals surface area contributed by atoms with Crippen LogP contribution in [0.25, 0.3) is 11.5 Å². The van der Waals surface area contributed by atoms with Crippen LogP contribution in [0.4, 0.5) is 0 Å². The minimum atomic E-state index is -0.114. The van der Waals surface area contributed by atoms with Crippen molar-refractivity contribution in [2.24, 2.45) is 5.92 Å². The number of piperidine rings is 2. The van der Waals surface area contributed by atoms with Gasteiger partial charge in [-0.25, -0.2) is 0 Å². The lowest BCUT2D eigenvalue weighted by Gasteiger charge is -2.44. The van der Waals surface area contributed by atoms with Gasteiger partial charge in [-0.3, -0.25) is 9.89 Å². The summed E-state index contributed by atoms with van der Waals surface area (Å²) in [5.41, 5.74) is 1.14. The number of H-pyrrole nitrogens is 1. The van der Waals surface area contributed by atoms with Crippen LogP contribution in [0, 0.1) is 5.92 Å². The van der Waals surface area contributed by atoms with E-state index < -0.39 is 0 Å². The number of hydrogen-bond acceptors (Lipinski definition) is 4. The Kier molecular flexibility index (Phi) is 4.38. The van der Waals surface area contributed by atoms with Crippen molar-refractivity contribution >= 4 is 5.91 Å². The van der Waals surface area contributed by atoms with Gasteiger partial charge in [-0.2, -0.15) is 5.10 Å². The third-order valence-corrected chi connectivity index (χ3v) is 5.35. The van der Waals surface area contributed by atoms with Crippen LogP contribution in [-0.4, -0.2) is 46.7 Å². The van der Waals surface area contributed by atoms with E-state index in [4.69, 9.17) is 4.42 Å². The van der Waals surface area contributed by atoms with E-state index in [1.54, 1.807) is 12.3 Å². The molecule has 1 amide bonds. The maximum atomic E-state index is 12.4. The Bertz CT molecular complexity index is 677. The topological polar surface area (TPSA) is 74.2 Å². The van der Waals surface area contributed by atoms with Crippen LogP contribution < -0.4 is 5.32 Å². The van der Waals surface area contributed by atoms with Crippen molar-refractivity contribution in [2.45, 2.75) is 38.1 Å². The summed E-state index contributed by atoms with van der Waals surface area (Å²) in [6.07, 6.45) is 7.96. The Morgan fingerprint density at radius 1 is 1.33 bits per heavy atom. The van der Waals surface area contributed by atoms with Crippen LogP contribution in [0.3, 0.4) is 0 Å². The summed E-state index contributed by atoms with van der Waals surface area (Å²) >= 11 is 0. The fraction of sp³-hybridized carbons (Fsp3) is 0.556. The van der Waals surface area contributed by atoms with Gasteiger partial charge in [-0.05, 0) is 56.8 Å². The lowest BCUT2D eigenvalue weighted by molar-refractivity contribution is 0.0575. The number of aromatic amines is 1. The Hall–Kier alpha value is -2.08. The minimum Gasteiger partial charge on any atom is -0.463 e. The normalized spacial score (nSPS) is 24.5. The van der Waals surface area contributed by atoms with Gasteiger partial charge >= 0.3 is 0 Å². The maximum absolute atomic E-state index is 12.4. The SMILES string of the molecule is O=C(NC[C@@H]1CCCN2CCCC[C@H]12)c1cc(-c2ccco2)[nH]n1. The zero-order valence-corrected chi connectivity index (χ0v) is 13.8. The molecule has 24 heavy (non-hydrogen) atoms. The number of rotatable bonds is 4. The van der Waals surface area contributed by atoms with Gasteiger partial charge in [-0.1, -0.05) is 6.42 Å². The smallest absolute Gasteiger partial charge is 0.271 e. The molecule has 4 rings (SSSR count). The average molecular weight is 328 g/mol. The highest BCUT2D eigenvalue weighted by Crippen LogP contribution is 2.30. The first-order valence-corrected chi connectivity index (χ1v) is 8.93. The number of carbonyl (C=O) groups is 1. The summed E-state index contributed by atoms with van der Waals surface area (Å²) in [5, 5.41) is 10.1. The lowest BCUT2D eigenvalue weighted by atomic mass is 9.83. The molecule has 2 fully saturated rings. The van der Waals surface area contributed by atoms with Crippen LogP contribution in [0.1, 0.15) is 42.6 Å². The molecule has 0 saturated carbocycles. The van der Waals surface area contributed by atoms with E-state index >= 15 is 0 Å². The predicted molar refractivity (Wildman–Crippen MR) is 90.6 cm³/mol. The number of amides is 1. The van der Waals surface area contributed by atoms with Crippen molar-refractivity contribution in [3.63, 3.8) is 0 Å². The molecule has 6 heteroatoms. The first kappa shape index (κ1) is 15.4. The average Bonchev–Trinajstić information content (AvgIpc) is 3.30. The van der Waals surface area contributed by atoms with Crippen molar-refractivity contribution in [3.05, 3.63) is 30.2 Å². The monoisotopic (exact) mass is 328 g/mol. The largest absolute Gasteiger partial charge is 0.463 e. The Morgan fingerprint density at radius 3 is 3.12 bits per heavy atom. The van der Waals surface area contributed by atoms with Gasteiger partial charge in [0.2, 0.25) is 0 Å². The highest BCUT2D eigenvalue weighted by atomic mass is 16.3. The van der Waals surface area contributed by atoms with Gasteiger partial charge in [0.15, 0.2) is 11.5 Å². The van der Waals surface area contributed by atoms with Crippen LogP contribution in [-0.2, 0) is 0 Å². The fourth-order valence-electron chi connectivity index (χ4n) is 4.13.